The first-order valence-corrected chi connectivity index (χ1v) is 18.9. The van der Waals surface area contributed by atoms with Gasteiger partial charge in [-0.05, 0) is 72.8 Å². The van der Waals surface area contributed by atoms with Crippen LogP contribution in [0.3, 0.4) is 0 Å². The fourth-order valence-electron chi connectivity index (χ4n) is 3.50. The van der Waals surface area contributed by atoms with Crippen molar-refractivity contribution in [3.05, 3.63) is 134 Å². The van der Waals surface area contributed by atoms with Crippen molar-refractivity contribution in [2.24, 2.45) is 0 Å². The summed E-state index contributed by atoms with van der Waals surface area (Å²) in [5.41, 5.74) is 6.92. The molecule has 0 saturated heterocycles. The van der Waals surface area contributed by atoms with E-state index in [1.165, 1.54) is 4.90 Å². The number of carbonyl (C=O) groups excluding carboxylic acids is 1. The van der Waals surface area contributed by atoms with Crippen molar-refractivity contribution in [2.75, 3.05) is 14.1 Å². The maximum absolute atomic E-state index is 10.7. The average molecular weight is 888 g/mol. The van der Waals surface area contributed by atoms with Crippen LogP contribution in [-0.2, 0) is 21.3 Å². The van der Waals surface area contributed by atoms with Crippen molar-refractivity contribution in [1.82, 2.24) is 34.8 Å². The van der Waals surface area contributed by atoms with E-state index in [9.17, 15) is 55.2 Å². The quantitative estimate of drug-likeness (QED) is 0.0736. The zero-order chi connectivity index (χ0) is 41.5. The molecule has 0 bridgehead atoms. The van der Waals surface area contributed by atoms with Gasteiger partial charge in [-0.1, -0.05) is 36.4 Å². The normalized spacial score (nSPS) is 13.0. The molecule has 0 aromatic carbocycles. The Morgan fingerprint density at radius 2 is 0.571 bits per heavy atom. The summed E-state index contributed by atoms with van der Waals surface area (Å²) in [4.78, 5) is 37.3. The van der Waals surface area contributed by atoms with Gasteiger partial charge in [-0.2, -0.15) is 0 Å². The molecule has 0 N–H and O–H groups in total. The van der Waals surface area contributed by atoms with Crippen molar-refractivity contribution in [3.63, 3.8) is 0 Å². The van der Waals surface area contributed by atoms with Crippen LogP contribution in [0, 0.1) is 0 Å². The Labute approximate surface area is 321 Å². The van der Waals surface area contributed by atoms with Crippen LogP contribution >= 0.6 is 15.6 Å². The molecule has 1 amide bonds. The molecular weight excluding hydrogens is 859 g/mol. The molecule has 0 unspecified atom stereocenters. The number of amides is 1. The molecule has 6 aromatic heterocycles. The van der Waals surface area contributed by atoms with E-state index in [1.54, 1.807) is 38.9 Å². The molecule has 6 aromatic rings. The van der Waals surface area contributed by atoms with Crippen molar-refractivity contribution in [2.45, 2.75) is 0 Å². The second kappa shape index (κ2) is 18.2. The van der Waals surface area contributed by atoms with Gasteiger partial charge >= 0.3 is 82.5 Å². The summed E-state index contributed by atoms with van der Waals surface area (Å²) in [7, 11) is -17.9. The fourth-order valence-corrected chi connectivity index (χ4v) is 3.50. The summed E-state index contributed by atoms with van der Waals surface area (Å²) >= 11 is 0. The minimum atomic E-state index is -10.7. The van der Waals surface area contributed by atoms with E-state index >= 15 is 0 Å². The smallest absolute Gasteiger partial charge is 0.255 e. The van der Waals surface area contributed by atoms with Crippen LogP contribution in [0.15, 0.2) is 134 Å². The molecule has 0 atom stereocenters. The van der Waals surface area contributed by atoms with Gasteiger partial charge in [0.2, 0.25) is 6.41 Å². The second-order valence-corrected chi connectivity index (χ2v) is 14.5. The summed E-state index contributed by atoms with van der Waals surface area (Å²) < 4.78 is 118. The van der Waals surface area contributed by atoms with E-state index < -0.39 is 15.6 Å². The zero-order valence-corrected chi connectivity index (χ0v) is 31.3. The van der Waals surface area contributed by atoms with Crippen molar-refractivity contribution in [1.29, 1.82) is 0 Å². The summed E-state index contributed by atoms with van der Waals surface area (Å²) in [5, 5.41) is 0. The number of carbonyl (C=O) groups is 1. The average Bonchev–Trinajstić information content (AvgIpc) is 3.11. The van der Waals surface area contributed by atoms with Crippen LogP contribution in [-0.4, -0.2) is 55.3 Å². The molecule has 6 heterocycles. The third-order valence-electron chi connectivity index (χ3n) is 5.42. The van der Waals surface area contributed by atoms with Gasteiger partial charge in [0, 0.05) is 38.9 Å². The van der Waals surface area contributed by atoms with Crippen LogP contribution in [0.4, 0.5) is 50.4 Å². The van der Waals surface area contributed by atoms with Crippen LogP contribution in [0.1, 0.15) is 0 Å². The first-order valence-electron chi connectivity index (χ1n) is 14.9. The molecule has 0 aliphatic heterocycles. The first kappa shape index (κ1) is 48.9. The van der Waals surface area contributed by atoms with Gasteiger partial charge in [0.15, 0.2) is 0 Å². The largest absolute Gasteiger partial charge is 2.00 e. The Balaban J connectivity index is 0.000000385. The van der Waals surface area contributed by atoms with E-state index in [2.05, 4.69) is 29.9 Å². The molecular formula is C33H29F12N7NiOP2. The fraction of sp³-hybridized carbons (Fsp3) is 0.0606. The molecule has 0 spiro atoms. The van der Waals surface area contributed by atoms with Crippen LogP contribution in [0.2, 0.25) is 0 Å². The molecule has 0 fully saturated rings. The maximum atomic E-state index is 9.87. The maximum Gasteiger partial charge on any atom is 2.00 e. The standard InChI is InChI=1S/2C15H11N3.C3H7NO.2F6P.Ni/c2*1-3-10-16-12(6-1)14-8-5-9-15(18-14)13-7-2-4-11-17-13;1-4(2)3-5;2*1-7(2,3,4,5)6;/h2*1-11H;3H,1-2H3;;;/q;;;2*-1;+2. The number of rotatable bonds is 5. The molecule has 0 aliphatic carbocycles. The van der Waals surface area contributed by atoms with E-state index in [4.69, 9.17) is 0 Å². The summed E-state index contributed by atoms with van der Waals surface area (Å²) in [6, 6.07) is 35.0. The van der Waals surface area contributed by atoms with E-state index in [0.29, 0.717) is 0 Å². The Bertz CT molecular complexity index is 1820. The third-order valence-corrected chi connectivity index (χ3v) is 5.42. The van der Waals surface area contributed by atoms with Crippen molar-refractivity contribution < 1.29 is 71.6 Å². The van der Waals surface area contributed by atoms with Gasteiger partial charge in [-0.25, -0.2) is 9.97 Å². The molecule has 23 heteroatoms. The SMILES string of the molecule is CN(C)C=O.F[P-](F)(F)(F)(F)F.F[P-](F)(F)(F)(F)F.[Ni+2].c1ccc(-c2cccc(-c3ccccn3)n2)nc1.c1ccc(-c2cccc(-c3ccccn3)n2)nc1. The number of aromatic nitrogens is 6. The second-order valence-electron chi connectivity index (χ2n) is 10.7. The van der Waals surface area contributed by atoms with E-state index in [1.807, 2.05) is 109 Å². The van der Waals surface area contributed by atoms with Crippen LogP contribution in [0.5, 0.6) is 0 Å². The molecule has 0 aliphatic rings. The number of nitrogens with zero attached hydrogens (tertiary/aromatic N) is 7. The predicted molar refractivity (Wildman–Crippen MR) is 188 cm³/mol. The van der Waals surface area contributed by atoms with Crippen LogP contribution in [0.25, 0.3) is 45.6 Å². The molecule has 0 radical (unpaired) electrons. The monoisotopic (exact) mass is 887 g/mol. The molecule has 0 saturated carbocycles. The summed E-state index contributed by atoms with van der Waals surface area (Å²) in [6.07, 6.45) is 7.82. The third kappa shape index (κ3) is 26.6. The number of hydrogen-bond acceptors (Lipinski definition) is 7. The summed E-state index contributed by atoms with van der Waals surface area (Å²) in [5.74, 6) is 0. The van der Waals surface area contributed by atoms with Gasteiger partial charge in [0.25, 0.3) is 0 Å². The number of halogens is 12. The van der Waals surface area contributed by atoms with Gasteiger partial charge in [0.1, 0.15) is 0 Å². The Kier molecular flexibility index (Phi) is 15.9. The minimum Gasteiger partial charge on any atom is -0.255 e. The number of hydrogen-bond donors (Lipinski definition) is 0. The van der Waals surface area contributed by atoms with Gasteiger partial charge in [-0.3, -0.25) is 24.7 Å². The topological polar surface area (TPSA) is 97.7 Å². The number of pyridine rings is 6. The van der Waals surface area contributed by atoms with Gasteiger partial charge < -0.3 is 4.90 Å². The van der Waals surface area contributed by atoms with Gasteiger partial charge in [0.05, 0.1) is 45.6 Å². The molecule has 6 rings (SSSR count). The Morgan fingerprint density at radius 1 is 0.393 bits per heavy atom. The van der Waals surface area contributed by atoms with Crippen molar-refractivity contribution >= 4 is 22.0 Å². The molecule has 8 nitrogen and oxygen atoms in total. The molecule has 56 heavy (non-hydrogen) atoms. The zero-order valence-electron chi connectivity index (χ0n) is 28.6. The minimum absolute atomic E-state index is 0. The van der Waals surface area contributed by atoms with Crippen LogP contribution < -0.4 is 0 Å². The van der Waals surface area contributed by atoms with Gasteiger partial charge in [-0.15, -0.1) is 0 Å². The Morgan fingerprint density at radius 3 is 0.714 bits per heavy atom. The summed E-state index contributed by atoms with van der Waals surface area (Å²) in [6.45, 7) is 0. The van der Waals surface area contributed by atoms with Crippen molar-refractivity contribution in [3.8, 4) is 45.6 Å². The predicted octanol–water partition coefficient (Wildman–Crippen LogP) is 12.9. The first-order chi connectivity index (χ1) is 25.0. The van der Waals surface area contributed by atoms with E-state index in [0.717, 1.165) is 52.0 Å². The molecule has 306 valence electrons. The Hall–Kier alpha value is -5.12. The van der Waals surface area contributed by atoms with E-state index in [-0.39, 0.29) is 16.5 Å².